The van der Waals surface area contributed by atoms with E-state index in [4.69, 9.17) is 16.3 Å². The summed E-state index contributed by atoms with van der Waals surface area (Å²) < 4.78 is 28.8. The number of ether oxygens (including phenoxy) is 1. The Morgan fingerprint density at radius 1 is 1.53 bits per heavy atom. The van der Waals surface area contributed by atoms with Crippen molar-refractivity contribution in [1.82, 2.24) is 0 Å². The lowest BCUT2D eigenvalue weighted by atomic mass is 10.0. The summed E-state index contributed by atoms with van der Waals surface area (Å²) in [6, 6.07) is 9.10. The number of rotatable bonds is 4. The van der Waals surface area contributed by atoms with Crippen LogP contribution in [0.15, 0.2) is 24.3 Å². The second-order valence-corrected chi connectivity index (χ2v) is 7.47. The van der Waals surface area contributed by atoms with Crippen LogP contribution in [0.4, 0.5) is 0 Å². The molecule has 1 aliphatic rings. The zero-order valence-electron chi connectivity index (χ0n) is 10.6. The largest absolute Gasteiger partial charge is 0.383 e. The molecule has 0 radical (unpaired) electrons. The van der Waals surface area contributed by atoms with E-state index in [2.05, 4.69) is 6.07 Å². The Labute approximate surface area is 117 Å². The van der Waals surface area contributed by atoms with Gasteiger partial charge in [0.15, 0.2) is 9.84 Å². The van der Waals surface area contributed by atoms with Gasteiger partial charge in [0.05, 0.1) is 17.9 Å². The molecule has 0 N–H and O–H groups in total. The number of nitriles is 1. The van der Waals surface area contributed by atoms with Gasteiger partial charge in [0.25, 0.3) is 0 Å². The van der Waals surface area contributed by atoms with E-state index >= 15 is 0 Å². The van der Waals surface area contributed by atoms with Crippen molar-refractivity contribution in [1.29, 1.82) is 5.26 Å². The number of nitrogens with zero attached hydrogens (tertiary/aromatic N) is 1. The van der Waals surface area contributed by atoms with Gasteiger partial charge in [-0.3, -0.25) is 0 Å². The predicted octanol–water partition coefficient (Wildman–Crippen LogP) is 2.01. The Morgan fingerprint density at radius 2 is 2.21 bits per heavy atom. The average molecular weight is 300 g/mol. The van der Waals surface area contributed by atoms with Gasteiger partial charge in [-0.25, -0.2) is 8.42 Å². The predicted molar refractivity (Wildman–Crippen MR) is 72.7 cm³/mol. The molecule has 4 nitrogen and oxygen atoms in total. The summed E-state index contributed by atoms with van der Waals surface area (Å²) in [5.41, 5.74) is -0.242. The lowest BCUT2D eigenvalue weighted by Gasteiger charge is -2.07. The van der Waals surface area contributed by atoms with Gasteiger partial charge in [0.2, 0.25) is 0 Å². The molecule has 0 aliphatic heterocycles. The van der Waals surface area contributed by atoms with Crippen molar-refractivity contribution in [2.75, 3.05) is 20.0 Å². The first-order chi connectivity index (χ1) is 8.86. The quantitative estimate of drug-likeness (QED) is 0.853. The normalized spacial score (nSPS) is 29.8. The molecule has 102 valence electrons. The fraction of sp³-hybridized carbons (Fsp3) is 0.462. The molecular weight excluding hydrogens is 286 g/mol. The van der Waals surface area contributed by atoms with Crippen LogP contribution in [0.1, 0.15) is 11.5 Å². The van der Waals surface area contributed by atoms with E-state index in [1.165, 1.54) is 7.11 Å². The number of methoxy groups -OCH3 is 1. The maximum absolute atomic E-state index is 11.9. The van der Waals surface area contributed by atoms with Gasteiger partial charge < -0.3 is 4.74 Å². The highest BCUT2D eigenvalue weighted by molar-refractivity contribution is 7.91. The summed E-state index contributed by atoms with van der Waals surface area (Å²) >= 11 is 5.93. The topological polar surface area (TPSA) is 67.2 Å². The van der Waals surface area contributed by atoms with Crippen molar-refractivity contribution >= 4 is 21.4 Å². The fourth-order valence-corrected chi connectivity index (χ4v) is 4.83. The number of benzene rings is 1. The standard InChI is InChI=1S/C13H14ClNO3S/c1-18-8-13(7-15)11(12(13)19(2,16)17)9-4-3-5-10(14)6-9/h3-6,11-12H,8H2,1-2H3/t11-,12-,13-/m0/s1. The second kappa shape index (κ2) is 4.78. The van der Waals surface area contributed by atoms with E-state index in [1.54, 1.807) is 24.3 Å². The average Bonchev–Trinajstić information content (AvgIpc) is 2.99. The summed E-state index contributed by atoms with van der Waals surface area (Å²) in [7, 11) is -1.86. The molecule has 0 amide bonds. The SMILES string of the molecule is COC[C@@]1(C#N)[C@@H](c2cccc(Cl)c2)[C@@H]1S(C)(=O)=O. The Kier molecular flexibility index (Phi) is 3.61. The molecule has 1 aromatic rings. The van der Waals surface area contributed by atoms with Gasteiger partial charge in [0.1, 0.15) is 5.41 Å². The van der Waals surface area contributed by atoms with Crippen LogP contribution in [-0.2, 0) is 14.6 Å². The third kappa shape index (κ3) is 2.36. The number of sulfone groups is 1. The third-order valence-corrected chi connectivity index (χ3v) is 5.37. The van der Waals surface area contributed by atoms with E-state index in [0.29, 0.717) is 5.02 Å². The fourth-order valence-electron chi connectivity index (χ4n) is 2.78. The minimum atomic E-state index is -3.33. The van der Waals surface area contributed by atoms with Crippen molar-refractivity contribution in [2.45, 2.75) is 11.2 Å². The van der Waals surface area contributed by atoms with Crippen molar-refractivity contribution in [3.63, 3.8) is 0 Å². The van der Waals surface area contributed by atoms with Crippen LogP contribution in [-0.4, -0.2) is 33.6 Å². The van der Waals surface area contributed by atoms with E-state index < -0.39 is 20.5 Å². The molecule has 0 aromatic heterocycles. The van der Waals surface area contributed by atoms with Crippen LogP contribution < -0.4 is 0 Å². The molecule has 19 heavy (non-hydrogen) atoms. The minimum Gasteiger partial charge on any atom is -0.383 e. The molecular formula is C13H14ClNO3S. The highest BCUT2D eigenvalue weighted by atomic mass is 35.5. The summed E-state index contributed by atoms with van der Waals surface area (Å²) in [6.07, 6.45) is 1.16. The Bertz CT molecular complexity index is 638. The second-order valence-electron chi connectivity index (χ2n) is 4.87. The lowest BCUT2D eigenvalue weighted by Crippen LogP contribution is -2.17. The maximum Gasteiger partial charge on any atom is 0.152 e. The molecule has 1 fully saturated rings. The molecule has 0 heterocycles. The van der Waals surface area contributed by atoms with E-state index in [-0.39, 0.29) is 12.5 Å². The molecule has 1 saturated carbocycles. The lowest BCUT2D eigenvalue weighted by molar-refractivity contribution is 0.162. The maximum atomic E-state index is 11.9. The summed E-state index contributed by atoms with van der Waals surface area (Å²) in [4.78, 5) is 0. The first kappa shape index (κ1) is 14.3. The van der Waals surface area contributed by atoms with Gasteiger partial charge in [0, 0.05) is 24.3 Å². The Hall–Kier alpha value is -1.09. The first-order valence-electron chi connectivity index (χ1n) is 5.71. The van der Waals surface area contributed by atoms with Crippen LogP contribution in [0, 0.1) is 16.7 Å². The van der Waals surface area contributed by atoms with E-state index in [1.807, 2.05) is 0 Å². The van der Waals surface area contributed by atoms with E-state index in [0.717, 1.165) is 11.8 Å². The first-order valence-corrected chi connectivity index (χ1v) is 8.04. The summed E-state index contributed by atoms with van der Waals surface area (Å²) in [5.74, 6) is -0.383. The van der Waals surface area contributed by atoms with Crippen molar-refractivity contribution in [3.8, 4) is 6.07 Å². The molecule has 3 atom stereocenters. The third-order valence-electron chi connectivity index (χ3n) is 3.52. The molecule has 0 saturated heterocycles. The smallest absolute Gasteiger partial charge is 0.152 e. The molecule has 0 unspecified atom stereocenters. The van der Waals surface area contributed by atoms with Gasteiger partial charge in [-0.15, -0.1) is 0 Å². The van der Waals surface area contributed by atoms with Crippen LogP contribution in [0.25, 0.3) is 0 Å². The number of halogens is 1. The minimum absolute atomic E-state index is 0.0957. The molecule has 0 bridgehead atoms. The zero-order chi connectivity index (χ0) is 14.3. The highest BCUT2D eigenvalue weighted by Gasteiger charge is 2.71. The highest BCUT2D eigenvalue weighted by Crippen LogP contribution is 2.62. The van der Waals surface area contributed by atoms with Crippen LogP contribution in [0.3, 0.4) is 0 Å². The van der Waals surface area contributed by atoms with E-state index in [9.17, 15) is 13.7 Å². The number of hydrogen-bond donors (Lipinski definition) is 0. The molecule has 1 aromatic carbocycles. The van der Waals surface area contributed by atoms with Crippen molar-refractivity contribution in [3.05, 3.63) is 34.9 Å². The molecule has 0 spiro atoms. The van der Waals surface area contributed by atoms with Crippen molar-refractivity contribution in [2.24, 2.45) is 5.41 Å². The van der Waals surface area contributed by atoms with Gasteiger partial charge in [-0.05, 0) is 17.7 Å². The molecule has 2 rings (SSSR count). The summed E-state index contributed by atoms with van der Waals surface area (Å²) in [6.45, 7) is 0.0957. The Balaban J connectivity index is 2.48. The van der Waals surface area contributed by atoms with Crippen LogP contribution in [0.2, 0.25) is 5.02 Å². The molecule has 1 aliphatic carbocycles. The number of hydrogen-bond acceptors (Lipinski definition) is 4. The van der Waals surface area contributed by atoms with Gasteiger partial charge >= 0.3 is 0 Å². The molecule has 6 heteroatoms. The zero-order valence-corrected chi connectivity index (χ0v) is 12.2. The monoisotopic (exact) mass is 299 g/mol. The van der Waals surface area contributed by atoms with Crippen LogP contribution in [0.5, 0.6) is 0 Å². The van der Waals surface area contributed by atoms with Gasteiger partial charge in [-0.1, -0.05) is 23.7 Å². The Morgan fingerprint density at radius 3 is 2.68 bits per heavy atom. The van der Waals surface area contributed by atoms with Crippen LogP contribution >= 0.6 is 11.6 Å². The summed E-state index contributed by atoms with van der Waals surface area (Å²) in [5, 5.41) is 9.19. The van der Waals surface area contributed by atoms with Gasteiger partial charge in [-0.2, -0.15) is 5.26 Å². The van der Waals surface area contributed by atoms with Crippen molar-refractivity contribution < 1.29 is 13.2 Å².